The van der Waals surface area contributed by atoms with Crippen LogP contribution in [0.15, 0.2) is 54.6 Å². The Balaban J connectivity index is 1.69. The summed E-state index contributed by atoms with van der Waals surface area (Å²) in [5.74, 6) is -1.28. The average molecular weight is 416 g/mol. The molecule has 0 amide bonds. The van der Waals surface area contributed by atoms with Crippen LogP contribution in [-0.2, 0) is 20.9 Å². The average Bonchev–Trinajstić information content (AvgIpc) is 2.78. The van der Waals surface area contributed by atoms with Crippen molar-refractivity contribution in [2.45, 2.75) is 38.6 Å². The van der Waals surface area contributed by atoms with Crippen molar-refractivity contribution >= 4 is 22.8 Å². The summed E-state index contributed by atoms with van der Waals surface area (Å²) in [6.45, 7) is 5.28. The zero-order valence-corrected chi connectivity index (χ0v) is 17.6. The van der Waals surface area contributed by atoms with Crippen molar-refractivity contribution in [2.75, 3.05) is 18.0 Å². The lowest BCUT2D eigenvalue weighted by molar-refractivity contribution is -0.145. The first-order valence-corrected chi connectivity index (χ1v) is 10.3. The topological polar surface area (TPSA) is 88.3 Å². The molecule has 2 heterocycles. The Hall–Kier alpha value is -3.50. The number of carbonyl (C=O) groups is 1. The van der Waals surface area contributed by atoms with Crippen LogP contribution in [0.1, 0.15) is 31.0 Å². The third kappa shape index (κ3) is 4.65. The van der Waals surface area contributed by atoms with E-state index in [1.54, 1.807) is 0 Å². The van der Waals surface area contributed by atoms with Gasteiger partial charge in [-0.3, -0.25) is 4.79 Å². The van der Waals surface area contributed by atoms with Crippen molar-refractivity contribution in [3.8, 4) is 6.07 Å². The van der Waals surface area contributed by atoms with E-state index in [0.29, 0.717) is 35.6 Å². The van der Waals surface area contributed by atoms with E-state index < -0.39 is 11.9 Å². The molecule has 31 heavy (non-hydrogen) atoms. The first-order chi connectivity index (χ1) is 15.0. The lowest BCUT2D eigenvalue weighted by Gasteiger charge is -2.37. The zero-order valence-electron chi connectivity index (χ0n) is 17.6. The van der Waals surface area contributed by atoms with Crippen LogP contribution in [0.4, 0.5) is 5.82 Å². The summed E-state index contributed by atoms with van der Waals surface area (Å²) in [5.41, 5.74) is 2.52. The number of fused-ring (bicyclic) bond motifs is 1. The molecule has 1 aliphatic rings. The number of para-hydroxylation sites is 2. The monoisotopic (exact) mass is 416 g/mol. The molecule has 0 spiro atoms. The Morgan fingerprint density at radius 3 is 2.35 bits per heavy atom. The van der Waals surface area contributed by atoms with E-state index in [9.17, 15) is 10.1 Å². The zero-order chi connectivity index (χ0) is 21.8. The maximum atomic E-state index is 12.9. The van der Waals surface area contributed by atoms with Gasteiger partial charge in [-0.15, -0.1) is 0 Å². The van der Waals surface area contributed by atoms with Gasteiger partial charge in [0, 0.05) is 13.1 Å². The highest BCUT2D eigenvalue weighted by atomic mass is 16.5. The van der Waals surface area contributed by atoms with Crippen molar-refractivity contribution in [3.05, 3.63) is 65.9 Å². The minimum absolute atomic E-state index is 0.00422. The molecule has 0 aliphatic carbocycles. The van der Waals surface area contributed by atoms with Crippen molar-refractivity contribution in [1.29, 1.82) is 5.26 Å². The molecule has 1 saturated heterocycles. The molecule has 7 nitrogen and oxygen atoms in total. The summed E-state index contributed by atoms with van der Waals surface area (Å²) in [6.07, 6.45) is -0.00845. The van der Waals surface area contributed by atoms with Gasteiger partial charge in [0.15, 0.2) is 11.7 Å². The van der Waals surface area contributed by atoms with Crippen molar-refractivity contribution in [3.63, 3.8) is 0 Å². The van der Waals surface area contributed by atoms with Gasteiger partial charge in [0.1, 0.15) is 12.3 Å². The highest BCUT2D eigenvalue weighted by Gasteiger charge is 2.32. The number of ether oxygens (including phenoxy) is 2. The molecule has 1 aromatic heterocycles. The smallest absolute Gasteiger partial charge is 0.330 e. The highest BCUT2D eigenvalue weighted by molar-refractivity contribution is 5.85. The summed E-state index contributed by atoms with van der Waals surface area (Å²) in [7, 11) is 0. The molecule has 4 rings (SSSR count). The van der Waals surface area contributed by atoms with Gasteiger partial charge in [-0.25, -0.2) is 9.97 Å². The number of nitriles is 1. The van der Waals surface area contributed by atoms with Gasteiger partial charge < -0.3 is 14.4 Å². The van der Waals surface area contributed by atoms with E-state index in [1.165, 1.54) is 0 Å². The maximum Gasteiger partial charge on any atom is 0.330 e. The van der Waals surface area contributed by atoms with Crippen molar-refractivity contribution < 1.29 is 14.3 Å². The SMILES string of the molecule is C[C@@H]1CN(c2nc3ccccc3nc2[C@@H](C#N)C(=O)OCc2ccccc2)C[C@@H](C)O1. The fraction of sp³-hybridized carbons (Fsp3) is 0.333. The fourth-order valence-corrected chi connectivity index (χ4v) is 3.82. The van der Waals surface area contributed by atoms with E-state index in [-0.39, 0.29) is 18.8 Å². The second-order valence-corrected chi connectivity index (χ2v) is 7.74. The van der Waals surface area contributed by atoms with E-state index in [1.807, 2.05) is 73.3 Å². The predicted molar refractivity (Wildman–Crippen MR) is 116 cm³/mol. The molecule has 0 N–H and O–H groups in total. The highest BCUT2D eigenvalue weighted by Crippen LogP contribution is 2.30. The number of rotatable bonds is 5. The molecule has 0 saturated carbocycles. The Bertz CT molecular complexity index is 1100. The molecule has 3 aromatic rings. The third-order valence-electron chi connectivity index (χ3n) is 5.16. The molecule has 1 aliphatic heterocycles. The standard InChI is InChI=1S/C24H24N4O3/c1-16-13-28(14-17(2)31-16)23-22(26-20-10-6-7-11-21(20)27-23)19(12-25)24(29)30-15-18-8-4-3-5-9-18/h3-11,16-17,19H,13-15H2,1-2H3/t16-,17-,19-/m1/s1. The van der Waals surface area contributed by atoms with Crippen LogP contribution in [0.2, 0.25) is 0 Å². The second-order valence-electron chi connectivity index (χ2n) is 7.74. The van der Waals surface area contributed by atoms with Gasteiger partial charge in [-0.1, -0.05) is 42.5 Å². The Morgan fingerprint density at radius 1 is 1.10 bits per heavy atom. The molecule has 3 atom stereocenters. The molecule has 0 bridgehead atoms. The number of benzene rings is 2. The molecular formula is C24H24N4O3. The van der Waals surface area contributed by atoms with Gasteiger partial charge in [0.2, 0.25) is 0 Å². The molecular weight excluding hydrogens is 392 g/mol. The van der Waals surface area contributed by atoms with Crippen molar-refractivity contribution in [1.82, 2.24) is 9.97 Å². The van der Waals surface area contributed by atoms with Gasteiger partial charge in [0.25, 0.3) is 0 Å². The van der Waals surface area contributed by atoms with E-state index >= 15 is 0 Å². The lowest BCUT2D eigenvalue weighted by Crippen LogP contribution is -2.46. The molecule has 1 fully saturated rings. The van der Waals surface area contributed by atoms with Crippen LogP contribution in [0.25, 0.3) is 11.0 Å². The summed E-state index contributed by atoms with van der Waals surface area (Å²) in [6, 6.07) is 18.9. The number of nitrogens with zero attached hydrogens (tertiary/aromatic N) is 4. The number of anilines is 1. The quantitative estimate of drug-likeness (QED) is 0.587. The van der Waals surface area contributed by atoms with Crippen LogP contribution in [0.3, 0.4) is 0 Å². The van der Waals surface area contributed by atoms with E-state index in [4.69, 9.17) is 14.5 Å². The van der Waals surface area contributed by atoms with Gasteiger partial charge in [-0.05, 0) is 31.5 Å². The van der Waals surface area contributed by atoms with Crippen molar-refractivity contribution in [2.24, 2.45) is 0 Å². The largest absolute Gasteiger partial charge is 0.460 e. The molecule has 7 heteroatoms. The van der Waals surface area contributed by atoms with Crippen LogP contribution < -0.4 is 4.90 Å². The number of esters is 1. The third-order valence-corrected chi connectivity index (χ3v) is 5.16. The van der Waals surface area contributed by atoms with Crippen LogP contribution >= 0.6 is 0 Å². The Kier molecular flexibility index (Phi) is 6.10. The van der Waals surface area contributed by atoms with Crippen LogP contribution in [0, 0.1) is 11.3 Å². The number of aromatic nitrogens is 2. The first-order valence-electron chi connectivity index (χ1n) is 10.3. The summed E-state index contributed by atoms with van der Waals surface area (Å²) >= 11 is 0. The van der Waals surface area contributed by atoms with Crippen LogP contribution in [-0.4, -0.2) is 41.2 Å². The number of hydrogen-bond donors (Lipinski definition) is 0. The van der Waals surface area contributed by atoms with E-state index in [0.717, 1.165) is 5.56 Å². The number of hydrogen-bond acceptors (Lipinski definition) is 7. The molecule has 0 radical (unpaired) electrons. The molecule has 158 valence electrons. The van der Waals surface area contributed by atoms with Gasteiger partial charge in [0.05, 0.1) is 29.3 Å². The van der Waals surface area contributed by atoms with Crippen LogP contribution in [0.5, 0.6) is 0 Å². The molecule has 2 aromatic carbocycles. The van der Waals surface area contributed by atoms with E-state index in [2.05, 4.69) is 11.1 Å². The normalized spacial score (nSPS) is 19.6. The summed E-state index contributed by atoms with van der Waals surface area (Å²) < 4.78 is 11.3. The first kappa shape index (κ1) is 20.8. The fourth-order valence-electron chi connectivity index (χ4n) is 3.82. The summed E-state index contributed by atoms with van der Waals surface area (Å²) in [4.78, 5) is 24.4. The number of carbonyl (C=O) groups excluding carboxylic acids is 1. The lowest BCUT2D eigenvalue weighted by atomic mass is 10.1. The second kappa shape index (κ2) is 9.11. The minimum Gasteiger partial charge on any atom is -0.460 e. The molecule has 0 unspecified atom stereocenters. The van der Waals surface area contributed by atoms with Gasteiger partial charge >= 0.3 is 5.97 Å². The Morgan fingerprint density at radius 2 is 1.71 bits per heavy atom. The number of morpholine rings is 1. The van der Waals surface area contributed by atoms with Gasteiger partial charge in [-0.2, -0.15) is 5.26 Å². The predicted octanol–water partition coefficient (Wildman–Crippen LogP) is 3.59. The maximum absolute atomic E-state index is 12.9. The Labute approximate surface area is 181 Å². The minimum atomic E-state index is -1.18. The summed E-state index contributed by atoms with van der Waals surface area (Å²) in [5, 5.41) is 9.88.